The first-order valence-corrected chi connectivity index (χ1v) is 3.98. The molecule has 0 saturated carbocycles. The normalized spacial score (nSPS) is 10.9. The number of aromatic nitrogens is 3. The monoisotopic (exact) mass is 161 g/mol. The highest BCUT2D eigenvalue weighted by Crippen LogP contribution is 2.15. The second kappa shape index (κ2) is 2.30. The average molecular weight is 161 g/mol. The quantitative estimate of drug-likeness (QED) is 0.588. The number of fused-ring (bicyclic) bond motifs is 1. The molecule has 0 fully saturated rings. The zero-order chi connectivity index (χ0) is 8.72. The van der Waals surface area contributed by atoms with Crippen LogP contribution in [0, 0.1) is 20.8 Å². The Hall–Kier alpha value is -1.38. The minimum Gasteiger partial charge on any atom is -0.220 e. The van der Waals surface area contributed by atoms with Gasteiger partial charge in [0.1, 0.15) is 0 Å². The third-order valence-corrected chi connectivity index (χ3v) is 2.28. The highest BCUT2D eigenvalue weighted by molar-refractivity contribution is 5.59. The van der Waals surface area contributed by atoms with Crippen molar-refractivity contribution in [3.63, 3.8) is 0 Å². The summed E-state index contributed by atoms with van der Waals surface area (Å²) in [6, 6.07) is 2.05. The van der Waals surface area contributed by atoms with Gasteiger partial charge in [-0.2, -0.15) is 0 Å². The van der Waals surface area contributed by atoms with Gasteiger partial charge in [-0.25, -0.2) is 4.52 Å². The van der Waals surface area contributed by atoms with Crippen LogP contribution >= 0.6 is 0 Å². The lowest BCUT2D eigenvalue weighted by Gasteiger charge is -2.01. The zero-order valence-corrected chi connectivity index (χ0v) is 7.50. The molecule has 2 heterocycles. The summed E-state index contributed by atoms with van der Waals surface area (Å²) in [5, 5.41) is 8.00. The lowest BCUT2D eigenvalue weighted by Crippen LogP contribution is -1.91. The SMILES string of the molecule is Cc1ccn2nnc(C)c2c1C. The fourth-order valence-corrected chi connectivity index (χ4v) is 1.41. The maximum absolute atomic E-state index is 4.01. The van der Waals surface area contributed by atoms with E-state index in [1.165, 1.54) is 11.1 Å². The van der Waals surface area contributed by atoms with Crippen molar-refractivity contribution < 1.29 is 0 Å². The summed E-state index contributed by atoms with van der Waals surface area (Å²) in [7, 11) is 0. The Morgan fingerprint density at radius 1 is 1.25 bits per heavy atom. The minimum atomic E-state index is 0.996. The van der Waals surface area contributed by atoms with Crippen LogP contribution in [-0.4, -0.2) is 14.8 Å². The zero-order valence-electron chi connectivity index (χ0n) is 7.50. The Morgan fingerprint density at radius 3 is 2.75 bits per heavy atom. The standard InChI is InChI=1S/C9H11N3/c1-6-4-5-12-9(7(6)2)8(3)10-11-12/h4-5H,1-3H3. The molecule has 0 aliphatic carbocycles. The number of nitrogens with zero attached hydrogens (tertiary/aromatic N) is 3. The molecule has 12 heavy (non-hydrogen) atoms. The Labute approximate surface area is 71.0 Å². The largest absolute Gasteiger partial charge is 0.220 e. The summed E-state index contributed by atoms with van der Waals surface area (Å²) in [5.74, 6) is 0. The van der Waals surface area contributed by atoms with Gasteiger partial charge in [0.15, 0.2) is 0 Å². The van der Waals surface area contributed by atoms with Crippen molar-refractivity contribution >= 4 is 5.52 Å². The molecule has 2 aromatic heterocycles. The molecule has 62 valence electrons. The first-order valence-electron chi connectivity index (χ1n) is 3.98. The van der Waals surface area contributed by atoms with Crippen LogP contribution in [0.2, 0.25) is 0 Å². The molecule has 0 aliphatic rings. The van der Waals surface area contributed by atoms with Crippen molar-refractivity contribution in [1.82, 2.24) is 14.8 Å². The summed E-state index contributed by atoms with van der Waals surface area (Å²) < 4.78 is 1.82. The molecule has 0 amide bonds. The van der Waals surface area contributed by atoms with Crippen LogP contribution in [0.4, 0.5) is 0 Å². The Kier molecular flexibility index (Phi) is 1.40. The number of hydrogen-bond donors (Lipinski definition) is 0. The second-order valence-electron chi connectivity index (χ2n) is 3.09. The molecule has 0 unspecified atom stereocenters. The Balaban J connectivity index is 2.96. The average Bonchev–Trinajstić information content (AvgIpc) is 2.41. The molecule has 3 nitrogen and oxygen atoms in total. The van der Waals surface area contributed by atoms with E-state index < -0.39 is 0 Å². The predicted octanol–water partition coefficient (Wildman–Crippen LogP) is 1.65. The molecule has 0 atom stereocenters. The van der Waals surface area contributed by atoms with Gasteiger partial charge in [-0.05, 0) is 38.0 Å². The van der Waals surface area contributed by atoms with Crippen LogP contribution in [-0.2, 0) is 0 Å². The second-order valence-corrected chi connectivity index (χ2v) is 3.09. The van der Waals surface area contributed by atoms with E-state index in [-0.39, 0.29) is 0 Å². The number of hydrogen-bond acceptors (Lipinski definition) is 2. The molecule has 3 heteroatoms. The van der Waals surface area contributed by atoms with Gasteiger partial charge in [-0.3, -0.25) is 0 Å². The molecule has 0 aliphatic heterocycles. The third-order valence-electron chi connectivity index (χ3n) is 2.28. The minimum absolute atomic E-state index is 0.996. The van der Waals surface area contributed by atoms with Crippen molar-refractivity contribution in [1.29, 1.82) is 0 Å². The van der Waals surface area contributed by atoms with Gasteiger partial charge in [0.2, 0.25) is 0 Å². The van der Waals surface area contributed by atoms with Crippen molar-refractivity contribution in [2.45, 2.75) is 20.8 Å². The van der Waals surface area contributed by atoms with Crippen LogP contribution in [0.1, 0.15) is 16.8 Å². The van der Waals surface area contributed by atoms with Crippen LogP contribution in [0.3, 0.4) is 0 Å². The van der Waals surface area contributed by atoms with Crippen LogP contribution < -0.4 is 0 Å². The van der Waals surface area contributed by atoms with Gasteiger partial charge in [-0.1, -0.05) is 5.21 Å². The lowest BCUT2D eigenvalue weighted by atomic mass is 10.1. The number of aryl methyl sites for hydroxylation is 3. The molecule has 0 spiro atoms. The molecule has 2 aromatic rings. The maximum atomic E-state index is 4.01. The van der Waals surface area contributed by atoms with E-state index in [2.05, 4.69) is 30.2 Å². The lowest BCUT2D eigenvalue weighted by molar-refractivity contribution is 0.846. The molecule has 0 aromatic carbocycles. The van der Waals surface area contributed by atoms with Crippen molar-refractivity contribution in [3.8, 4) is 0 Å². The molecular formula is C9H11N3. The first-order chi connectivity index (χ1) is 5.70. The van der Waals surface area contributed by atoms with E-state index in [0.717, 1.165) is 11.2 Å². The predicted molar refractivity (Wildman–Crippen MR) is 47.2 cm³/mol. The van der Waals surface area contributed by atoms with Gasteiger partial charge in [0.25, 0.3) is 0 Å². The number of pyridine rings is 1. The molecule has 0 N–H and O–H groups in total. The molecule has 0 bridgehead atoms. The van der Waals surface area contributed by atoms with Crippen LogP contribution in [0.25, 0.3) is 5.52 Å². The van der Waals surface area contributed by atoms with E-state index in [1.54, 1.807) is 0 Å². The molecule has 0 saturated heterocycles. The smallest absolute Gasteiger partial charge is 0.0925 e. The highest BCUT2D eigenvalue weighted by atomic mass is 15.4. The topological polar surface area (TPSA) is 30.2 Å². The summed E-state index contributed by atoms with van der Waals surface area (Å²) >= 11 is 0. The van der Waals surface area contributed by atoms with Crippen LogP contribution in [0.5, 0.6) is 0 Å². The summed E-state index contributed by atoms with van der Waals surface area (Å²) in [6.45, 7) is 6.18. The van der Waals surface area contributed by atoms with Crippen molar-refractivity contribution in [3.05, 3.63) is 29.1 Å². The Morgan fingerprint density at radius 2 is 2.00 bits per heavy atom. The van der Waals surface area contributed by atoms with Crippen LogP contribution in [0.15, 0.2) is 12.3 Å². The van der Waals surface area contributed by atoms with Gasteiger partial charge >= 0.3 is 0 Å². The van der Waals surface area contributed by atoms with E-state index in [1.807, 2.05) is 17.6 Å². The first kappa shape index (κ1) is 7.28. The van der Waals surface area contributed by atoms with E-state index in [0.29, 0.717) is 0 Å². The van der Waals surface area contributed by atoms with E-state index in [4.69, 9.17) is 0 Å². The third kappa shape index (κ3) is 0.826. The van der Waals surface area contributed by atoms with Gasteiger partial charge in [0.05, 0.1) is 11.2 Å². The fourth-order valence-electron chi connectivity index (χ4n) is 1.41. The van der Waals surface area contributed by atoms with Gasteiger partial charge < -0.3 is 0 Å². The molecule has 2 rings (SSSR count). The van der Waals surface area contributed by atoms with E-state index >= 15 is 0 Å². The summed E-state index contributed by atoms with van der Waals surface area (Å²) in [6.07, 6.45) is 1.94. The van der Waals surface area contributed by atoms with E-state index in [9.17, 15) is 0 Å². The number of rotatable bonds is 0. The van der Waals surface area contributed by atoms with Crippen molar-refractivity contribution in [2.75, 3.05) is 0 Å². The summed E-state index contributed by atoms with van der Waals surface area (Å²) in [4.78, 5) is 0. The molecular weight excluding hydrogens is 150 g/mol. The van der Waals surface area contributed by atoms with Gasteiger partial charge in [0, 0.05) is 6.20 Å². The van der Waals surface area contributed by atoms with Gasteiger partial charge in [-0.15, -0.1) is 5.10 Å². The van der Waals surface area contributed by atoms with Crippen molar-refractivity contribution in [2.24, 2.45) is 0 Å². The Bertz CT molecular complexity index is 429. The highest BCUT2D eigenvalue weighted by Gasteiger charge is 2.05. The maximum Gasteiger partial charge on any atom is 0.0925 e. The fraction of sp³-hybridized carbons (Fsp3) is 0.333. The summed E-state index contributed by atoms with van der Waals surface area (Å²) in [5.41, 5.74) is 4.68. The molecule has 0 radical (unpaired) electrons.